The number of nitrogens with one attached hydrogen (secondary N) is 1. The standard InChI is InChI=1S/C18H25BrN4O.HI/c1-3-20-18(23-10-8-22(9-11-23)13(2)24)21-17-12-16(17)14-4-6-15(19)7-5-14;/h4-7,16-17H,3,8-12H2,1-2H3,(H,20,21);1H. The lowest BCUT2D eigenvalue weighted by atomic mass is 10.1. The van der Waals surface area contributed by atoms with E-state index in [4.69, 9.17) is 0 Å². The molecule has 1 aromatic carbocycles. The molecule has 1 aliphatic carbocycles. The molecule has 3 rings (SSSR count). The highest BCUT2D eigenvalue weighted by Crippen LogP contribution is 2.41. The first-order chi connectivity index (χ1) is 11.6. The van der Waals surface area contributed by atoms with E-state index in [0.29, 0.717) is 12.0 Å². The van der Waals surface area contributed by atoms with E-state index < -0.39 is 0 Å². The summed E-state index contributed by atoms with van der Waals surface area (Å²) >= 11 is 3.49. The van der Waals surface area contributed by atoms with Crippen molar-refractivity contribution < 1.29 is 4.79 Å². The lowest BCUT2D eigenvalue weighted by molar-refractivity contribution is -0.130. The summed E-state index contributed by atoms with van der Waals surface area (Å²) in [7, 11) is 0. The Morgan fingerprint density at radius 2 is 1.80 bits per heavy atom. The topological polar surface area (TPSA) is 47.9 Å². The minimum Gasteiger partial charge on any atom is -0.353 e. The summed E-state index contributed by atoms with van der Waals surface area (Å²) in [6, 6.07) is 9.05. The van der Waals surface area contributed by atoms with Gasteiger partial charge >= 0.3 is 0 Å². The van der Waals surface area contributed by atoms with Gasteiger partial charge < -0.3 is 15.1 Å². The highest BCUT2D eigenvalue weighted by Gasteiger charge is 2.39. The van der Waals surface area contributed by atoms with E-state index in [1.54, 1.807) is 6.92 Å². The summed E-state index contributed by atoms with van der Waals surface area (Å²) in [5.41, 5.74) is 1.38. The number of rotatable bonds is 3. The number of benzene rings is 1. The van der Waals surface area contributed by atoms with Crippen molar-refractivity contribution in [1.82, 2.24) is 15.1 Å². The average molecular weight is 521 g/mol. The summed E-state index contributed by atoms with van der Waals surface area (Å²) in [5, 5.41) is 3.63. The Morgan fingerprint density at radius 1 is 1.20 bits per heavy atom. The summed E-state index contributed by atoms with van der Waals surface area (Å²) in [6.45, 7) is 7.72. The van der Waals surface area contributed by atoms with E-state index in [2.05, 4.69) is 62.3 Å². The van der Waals surface area contributed by atoms with Crippen LogP contribution in [0.5, 0.6) is 0 Å². The number of halogens is 2. The van der Waals surface area contributed by atoms with Gasteiger partial charge in [-0.1, -0.05) is 28.1 Å². The smallest absolute Gasteiger partial charge is 0.219 e. The zero-order valence-corrected chi connectivity index (χ0v) is 18.7. The minimum absolute atomic E-state index is 0. The summed E-state index contributed by atoms with van der Waals surface area (Å²) in [5.74, 6) is 1.72. The molecule has 138 valence electrons. The molecule has 25 heavy (non-hydrogen) atoms. The van der Waals surface area contributed by atoms with E-state index in [9.17, 15) is 4.79 Å². The molecule has 2 fully saturated rings. The molecule has 1 N–H and O–H groups in total. The van der Waals surface area contributed by atoms with Gasteiger partial charge in [0.25, 0.3) is 0 Å². The third kappa shape index (κ3) is 5.32. The van der Waals surface area contributed by atoms with Gasteiger partial charge in [0, 0.05) is 56.1 Å². The van der Waals surface area contributed by atoms with E-state index in [1.807, 2.05) is 4.90 Å². The third-order valence-corrected chi connectivity index (χ3v) is 5.26. The first kappa shape index (κ1) is 20.5. The molecule has 7 heteroatoms. The Hall–Kier alpha value is -0.830. The maximum absolute atomic E-state index is 11.5. The van der Waals surface area contributed by atoms with Gasteiger partial charge in [0.1, 0.15) is 0 Å². The summed E-state index contributed by atoms with van der Waals surface area (Å²) in [4.78, 5) is 20.3. The van der Waals surface area contributed by atoms with Gasteiger partial charge in [0.15, 0.2) is 5.96 Å². The molecule has 0 radical (unpaired) electrons. The molecule has 1 saturated heterocycles. The van der Waals surface area contributed by atoms with Crippen LogP contribution in [-0.2, 0) is 4.79 Å². The Balaban J connectivity index is 0.00000225. The van der Waals surface area contributed by atoms with Crippen molar-refractivity contribution in [2.24, 2.45) is 4.99 Å². The molecule has 0 bridgehead atoms. The molecule has 1 heterocycles. The number of nitrogens with zero attached hydrogens (tertiary/aromatic N) is 3. The number of carbonyl (C=O) groups excluding carboxylic acids is 1. The van der Waals surface area contributed by atoms with Crippen molar-refractivity contribution in [2.75, 3.05) is 32.7 Å². The number of carbonyl (C=O) groups is 1. The number of aliphatic imine (C=N–C) groups is 1. The number of guanidine groups is 1. The maximum atomic E-state index is 11.5. The van der Waals surface area contributed by atoms with Crippen LogP contribution in [0.4, 0.5) is 0 Å². The molecule has 2 unspecified atom stereocenters. The first-order valence-corrected chi connectivity index (χ1v) is 9.44. The fourth-order valence-corrected chi connectivity index (χ4v) is 3.48. The van der Waals surface area contributed by atoms with Crippen molar-refractivity contribution in [3.8, 4) is 0 Å². The molecule has 5 nitrogen and oxygen atoms in total. The first-order valence-electron chi connectivity index (χ1n) is 8.65. The molecule has 2 atom stereocenters. The van der Waals surface area contributed by atoms with Crippen LogP contribution in [0.3, 0.4) is 0 Å². The van der Waals surface area contributed by atoms with Gasteiger partial charge in [-0.3, -0.25) is 9.79 Å². The molecule has 2 aliphatic rings. The van der Waals surface area contributed by atoms with E-state index >= 15 is 0 Å². The molecular weight excluding hydrogens is 495 g/mol. The fraction of sp³-hybridized carbons (Fsp3) is 0.556. The van der Waals surface area contributed by atoms with E-state index in [-0.39, 0.29) is 29.9 Å². The van der Waals surface area contributed by atoms with Crippen molar-refractivity contribution >= 4 is 51.8 Å². The summed E-state index contributed by atoms with van der Waals surface area (Å²) in [6.07, 6.45) is 1.15. The molecule has 1 saturated carbocycles. The van der Waals surface area contributed by atoms with Crippen LogP contribution in [0.25, 0.3) is 0 Å². The molecular formula is C18H26BrIN4O. The predicted octanol–water partition coefficient (Wildman–Crippen LogP) is 3.05. The van der Waals surface area contributed by atoms with Crippen LogP contribution in [0, 0.1) is 0 Å². The van der Waals surface area contributed by atoms with Crippen LogP contribution >= 0.6 is 39.9 Å². The van der Waals surface area contributed by atoms with Crippen LogP contribution in [0.15, 0.2) is 33.7 Å². The van der Waals surface area contributed by atoms with Crippen LogP contribution in [0.2, 0.25) is 0 Å². The zero-order chi connectivity index (χ0) is 17.1. The zero-order valence-electron chi connectivity index (χ0n) is 14.7. The second kappa shape index (κ2) is 9.21. The third-order valence-electron chi connectivity index (χ3n) is 4.74. The largest absolute Gasteiger partial charge is 0.353 e. The normalized spacial score (nSPS) is 23.1. The van der Waals surface area contributed by atoms with Crippen molar-refractivity contribution in [2.45, 2.75) is 32.2 Å². The second-order valence-electron chi connectivity index (χ2n) is 6.44. The Kier molecular flexibility index (Phi) is 7.54. The lowest BCUT2D eigenvalue weighted by Gasteiger charge is -2.36. The predicted molar refractivity (Wildman–Crippen MR) is 116 cm³/mol. The lowest BCUT2D eigenvalue weighted by Crippen LogP contribution is -2.53. The number of hydrogen-bond acceptors (Lipinski definition) is 2. The van der Waals surface area contributed by atoms with Crippen molar-refractivity contribution in [3.63, 3.8) is 0 Å². The molecule has 1 aliphatic heterocycles. The van der Waals surface area contributed by atoms with Crippen LogP contribution < -0.4 is 5.32 Å². The quantitative estimate of drug-likeness (QED) is 0.378. The highest BCUT2D eigenvalue weighted by atomic mass is 127. The summed E-state index contributed by atoms with van der Waals surface area (Å²) < 4.78 is 1.12. The minimum atomic E-state index is 0. The Morgan fingerprint density at radius 3 is 2.36 bits per heavy atom. The SMILES string of the molecule is CCN=C(NC1CC1c1ccc(Br)cc1)N1CCN(C(C)=O)CC1.I. The molecule has 0 spiro atoms. The van der Waals surface area contributed by atoms with Gasteiger partial charge in [-0.05, 0) is 31.0 Å². The Bertz CT molecular complexity index is 614. The van der Waals surface area contributed by atoms with E-state index in [1.165, 1.54) is 5.56 Å². The van der Waals surface area contributed by atoms with Crippen LogP contribution in [-0.4, -0.2) is 60.4 Å². The number of hydrogen-bond donors (Lipinski definition) is 1. The van der Waals surface area contributed by atoms with Crippen molar-refractivity contribution in [1.29, 1.82) is 0 Å². The average Bonchev–Trinajstić information content (AvgIpc) is 3.34. The monoisotopic (exact) mass is 520 g/mol. The fourth-order valence-electron chi connectivity index (χ4n) is 3.22. The van der Waals surface area contributed by atoms with Crippen molar-refractivity contribution in [3.05, 3.63) is 34.3 Å². The molecule has 1 aromatic rings. The van der Waals surface area contributed by atoms with E-state index in [0.717, 1.165) is 49.6 Å². The van der Waals surface area contributed by atoms with Gasteiger partial charge in [-0.15, -0.1) is 24.0 Å². The second-order valence-corrected chi connectivity index (χ2v) is 7.35. The van der Waals surface area contributed by atoms with Gasteiger partial charge in [-0.25, -0.2) is 0 Å². The maximum Gasteiger partial charge on any atom is 0.219 e. The van der Waals surface area contributed by atoms with Gasteiger partial charge in [0.05, 0.1) is 0 Å². The van der Waals surface area contributed by atoms with Gasteiger partial charge in [-0.2, -0.15) is 0 Å². The molecule has 0 aromatic heterocycles. The van der Waals surface area contributed by atoms with Gasteiger partial charge in [0.2, 0.25) is 5.91 Å². The number of amides is 1. The highest BCUT2D eigenvalue weighted by molar-refractivity contribution is 14.0. The van der Waals surface area contributed by atoms with Crippen LogP contribution in [0.1, 0.15) is 31.7 Å². The Labute approximate surface area is 175 Å². The number of piperazine rings is 1. The molecule has 1 amide bonds.